The number of aromatic nitrogens is 7. The van der Waals surface area contributed by atoms with Crippen molar-refractivity contribution in [3.8, 4) is 11.3 Å². The molecule has 1 aromatic carbocycles. The summed E-state index contributed by atoms with van der Waals surface area (Å²) < 4.78 is 1.84. The molecule has 0 unspecified atom stereocenters. The number of piperidine rings is 1. The number of hydrogen-bond donors (Lipinski definition) is 1. The minimum Gasteiger partial charge on any atom is -0.354 e. The zero-order valence-corrected chi connectivity index (χ0v) is 18.6. The molecule has 6 rings (SSSR count). The van der Waals surface area contributed by atoms with Crippen molar-refractivity contribution in [2.75, 3.05) is 29.9 Å². The molecule has 0 amide bonds. The fraction of sp³-hybridized carbons (Fsp3) is 0.292. The van der Waals surface area contributed by atoms with Crippen molar-refractivity contribution in [3.05, 3.63) is 61.3 Å². The van der Waals surface area contributed by atoms with Gasteiger partial charge in [-0.1, -0.05) is 37.3 Å². The zero-order valence-electron chi connectivity index (χ0n) is 18.6. The monoisotopic (exact) mass is 439 g/mol. The van der Waals surface area contributed by atoms with Gasteiger partial charge in [0.25, 0.3) is 5.78 Å². The second-order valence-corrected chi connectivity index (χ2v) is 8.66. The number of nitrogens with zero attached hydrogens (tertiary/aromatic N) is 8. The van der Waals surface area contributed by atoms with Crippen LogP contribution in [0.25, 0.3) is 28.1 Å². The number of aromatic amines is 1. The zero-order chi connectivity index (χ0) is 22.4. The van der Waals surface area contributed by atoms with Gasteiger partial charge < -0.3 is 14.8 Å². The van der Waals surface area contributed by atoms with Crippen LogP contribution in [0.3, 0.4) is 0 Å². The maximum Gasteiger partial charge on any atom is 0.254 e. The second kappa shape index (κ2) is 7.84. The van der Waals surface area contributed by atoms with Gasteiger partial charge in [0.1, 0.15) is 29.9 Å². The third-order valence-corrected chi connectivity index (χ3v) is 6.71. The van der Waals surface area contributed by atoms with Gasteiger partial charge >= 0.3 is 0 Å². The smallest absolute Gasteiger partial charge is 0.254 e. The van der Waals surface area contributed by atoms with Gasteiger partial charge in [0, 0.05) is 38.0 Å². The fourth-order valence-corrected chi connectivity index (χ4v) is 4.84. The SMILES string of the molecule is C[C@@H]1CCN(c2cc(-c3ccccc3)nc3ncnn23)C[C@@H]1N(C)c1ncnc2[nH]ccc12. The topological polar surface area (TPSA) is 91.1 Å². The first kappa shape index (κ1) is 19.7. The molecule has 0 bridgehead atoms. The van der Waals surface area contributed by atoms with Gasteiger partial charge in [-0.2, -0.15) is 14.6 Å². The van der Waals surface area contributed by atoms with Gasteiger partial charge in [-0.05, 0) is 18.4 Å². The molecule has 33 heavy (non-hydrogen) atoms. The number of H-pyrrole nitrogens is 1. The predicted molar refractivity (Wildman–Crippen MR) is 128 cm³/mol. The van der Waals surface area contributed by atoms with Gasteiger partial charge in [0.15, 0.2) is 0 Å². The summed E-state index contributed by atoms with van der Waals surface area (Å²) in [7, 11) is 2.13. The Bertz CT molecular complexity index is 1410. The van der Waals surface area contributed by atoms with Crippen molar-refractivity contribution in [2.45, 2.75) is 19.4 Å². The van der Waals surface area contributed by atoms with Crippen LogP contribution < -0.4 is 9.80 Å². The number of benzene rings is 1. The molecular formula is C24H25N9. The first-order valence-electron chi connectivity index (χ1n) is 11.2. The van der Waals surface area contributed by atoms with Gasteiger partial charge in [-0.3, -0.25) is 0 Å². The lowest BCUT2D eigenvalue weighted by molar-refractivity contribution is 0.365. The Balaban J connectivity index is 1.38. The highest BCUT2D eigenvalue weighted by atomic mass is 15.4. The molecule has 1 aliphatic heterocycles. The van der Waals surface area contributed by atoms with Crippen LogP contribution in [0, 0.1) is 5.92 Å². The van der Waals surface area contributed by atoms with E-state index in [-0.39, 0.29) is 6.04 Å². The molecule has 1 N–H and O–H groups in total. The summed E-state index contributed by atoms with van der Waals surface area (Å²) in [6.45, 7) is 4.11. The number of hydrogen-bond acceptors (Lipinski definition) is 7. The Kier molecular flexibility index (Phi) is 4.67. The summed E-state index contributed by atoms with van der Waals surface area (Å²) >= 11 is 0. The molecule has 2 atom stereocenters. The van der Waals surface area contributed by atoms with E-state index >= 15 is 0 Å². The number of anilines is 2. The quantitative estimate of drug-likeness (QED) is 0.459. The standard InChI is InChI=1S/C24H25N9/c1-16-9-11-32(13-20(16)31(2)23-18-8-10-25-22(18)26-14-27-23)21-12-19(17-6-4-3-5-7-17)30-24-28-15-29-33(21)24/h3-8,10,12,14-16,20H,9,11,13H2,1-2H3,(H,25,26,27)/t16-,20+/m1/s1. The van der Waals surface area contributed by atoms with Crippen molar-refractivity contribution in [3.63, 3.8) is 0 Å². The molecule has 9 heteroatoms. The molecule has 5 heterocycles. The Morgan fingerprint density at radius 1 is 1.06 bits per heavy atom. The van der Waals surface area contributed by atoms with Crippen LogP contribution in [-0.2, 0) is 0 Å². The van der Waals surface area contributed by atoms with E-state index in [1.165, 1.54) is 0 Å². The molecule has 0 aliphatic carbocycles. The average molecular weight is 440 g/mol. The molecule has 9 nitrogen and oxygen atoms in total. The lowest BCUT2D eigenvalue weighted by Crippen LogP contribution is -2.51. The van der Waals surface area contributed by atoms with Crippen LogP contribution in [0.15, 0.2) is 61.3 Å². The molecule has 0 spiro atoms. The van der Waals surface area contributed by atoms with Crippen LogP contribution in [0.1, 0.15) is 13.3 Å². The Hall–Kier alpha value is -4.01. The maximum atomic E-state index is 4.74. The van der Waals surface area contributed by atoms with Gasteiger partial charge in [0.2, 0.25) is 0 Å². The van der Waals surface area contributed by atoms with Gasteiger partial charge in [-0.15, -0.1) is 0 Å². The second-order valence-electron chi connectivity index (χ2n) is 8.66. The lowest BCUT2D eigenvalue weighted by atomic mass is 9.92. The highest BCUT2D eigenvalue weighted by molar-refractivity contribution is 5.87. The first-order valence-corrected chi connectivity index (χ1v) is 11.2. The van der Waals surface area contributed by atoms with Crippen LogP contribution in [0.2, 0.25) is 0 Å². The normalized spacial score (nSPS) is 18.8. The summed E-state index contributed by atoms with van der Waals surface area (Å²) in [4.78, 5) is 26.0. The maximum absolute atomic E-state index is 4.74. The van der Waals surface area contributed by atoms with Gasteiger partial charge in [-0.25, -0.2) is 15.0 Å². The first-order chi connectivity index (χ1) is 16.2. The lowest BCUT2D eigenvalue weighted by Gasteiger charge is -2.43. The molecule has 0 saturated carbocycles. The van der Waals surface area contributed by atoms with E-state index in [0.29, 0.717) is 11.7 Å². The van der Waals surface area contributed by atoms with Crippen LogP contribution in [-0.4, -0.2) is 60.7 Å². The summed E-state index contributed by atoms with van der Waals surface area (Å²) in [6.07, 6.45) is 6.18. The van der Waals surface area contributed by atoms with E-state index in [0.717, 1.165) is 53.4 Å². The number of fused-ring (bicyclic) bond motifs is 2. The minimum atomic E-state index is 0.277. The number of rotatable bonds is 4. The minimum absolute atomic E-state index is 0.277. The van der Waals surface area contributed by atoms with Crippen LogP contribution >= 0.6 is 0 Å². The third-order valence-electron chi connectivity index (χ3n) is 6.71. The van der Waals surface area contributed by atoms with Crippen molar-refractivity contribution >= 4 is 28.4 Å². The molecule has 1 aliphatic rings. The van der Waals surface area contributed by atoms with Crippen molar-refractivity contribution in [1.82, 2.24) is 34.5 Å². The molecule has 5 aromatic rings. The van der Waals surface area contributed by atoms with E-state index in [1.807, 2.05) is 35.0 Å². The van der Waals surface area contributed by atoms with Crippen molar-refractivity contribution in [2.24, 2.45) is 5.92 Å². The number of nitrogens with one attached hydrogen (secondary N) is 1. The Morgan fingerprint density at radius 2 is 1.94 bits per heavy atom. The highest BCUT2D eigenvalue weighted by Crippen LogP contribution is 2.32. The highest BCUT2D eigenvalue weighted by Gasteiger charge is 2.32. The molecule has 1 fully saturated rings. The van der Waals surface area contributed by atoms with Crippen LogP contribution in [0.4, 0.5) is 11.6 Å². The van der Waals surface area contributed by atoms with E-state index < -0.39 is 0 Å². The fourth-order valence-electron chi connectivity index (χ4n) is 4.84. The summed E-state index contributed by atoms with van der Waals surface area (Å²) in [5, 5.41) is 5.51. The largest absolute Gasteiger partial charge is 0.354 e. The molecule has 4 aromatic heterocycles. The summed E-state index contributed by atoms with van der Waals surface area (Å²) in [6, 6.07) is 14.7. The van der Waals surface area contributed by atoms with E-state index in [4.69, 9.17) is 4.98 Å². The van der Waals surface area contributed by atoms with Crippen molar-refractivity contribution < 1.29 is 0 Å². The molecule has 1 saturated heterocycles. The van der Waals surface area contributed by atoms with Crippen molar-refractivity contribution in [1.29, 1.82) is 0 Å². The average Bonchev–Trinajstić information content (AvgIpc) is 3.53. The molecule has 166 valence electrons. The van der Waals surface area contributed by atoms with E-state index in [1.54, 1.807) is 12.7 Å². The number of likely N-dealkylation sites (N-methyl/N-ethyl adjacent to an activating group) is 1. The van der Waals surface area contributed by atoms with E-state index in [9.17, 15) is 0 Å². The molecular weight excluding hydrogens is 414 g/mol. The van der Waals surface area contributed by atoms with Gasteiger partial charge in [0.05, 0.1) is 17.1 Å². The third kappa shape index (κ3) is 3.36. The molecule has 0 radical (unpaired) electrons. The summed E-state index contributed by atoms with van der Waals surface area (Å²) in [5.74, 6) is 3.08. The van der Waals surface area contributed by atoms with E-state index in [2.05, 4.69) is 67.0 Å². The Labute approximate surface area is 191 Å². The van der Waals surface area contributed by atoms with Crippen LogP contribution in [0.5, 0.6) is 0 Å². The summed E-state index contributed by atoms with van der Waals surface area (Å²) in [5.41, 5.74) is 2.83. The predicted octanol–water partition coefficient (Wildman–Crippen LogP) is 3.41. The Morgan fingerprint density at radius 3 is 2.82 bits per heavy atom.